The molecule has 1 atom stereocenters. The Balaban J connectivity index is 2.85. The fourth-order valence-electron chi connectivity index (χ4n) is 1.58. The normalized spacial score (nSPS) is 12.8. The molecule has 21 heavy (non-hydrogen) atoms. The Labute approximate surface area is 124 Å². The fraction of sp³-hybridized carbons (Fsp3) is 0.375. The van der Waals surface area contributed by atoms with Gasteiger partial charge in [-0.2, -0.15) is 0 Å². The summed E-state index contributed by atoms with van der Waals surface area (Å²) in [6, 6.07) is 8.81. The number of methoxy groups -OCH3 is 1. The van der Waals surface area contributed by atoms with Crippen molar-refractivity contribution in [3.8, 4) is 0 Å². The number of amides is 1. The van der Waals surface area contributed by atoms with Gasteiger partial charge in [0.1, 0.15) is 5.60 Å². The van der Waals surface area contributed by atoms with Gasteiger partial charge in [-0.3, -0.25) is 0 Å². The lowest BCUT2D eigenvalue weighted by Crippen LogP contribution is -2.34. The highest BCUT2D eigenvalue weighted by atomic mass is 16.6. The predicted molar refractivity (Wildman–Crippen MR) is 79.7 cm³/mol. The average molecular weight is 291 g/mol. The first-order valence-electron chi connectivity index (χ1n) is 6.62. The smallest absolute Gasteiger partial charge is 0.408 e. The quantitative estimate of drug-likeness (QED) is 0.684. The van der Waals surface area contributed by atoms with Crippen molar-refractivity contribution in [2.45, 2.75) is 32.4 Å². The molecule has 0 saturated heterocycles. The summed E-state index contributed by atoms with van der Waals surface area (Å²) >= 11 is 0. The molecule has 0 spiro atoms. The topological polar surface area (TPSA) is 64.6 Å². The Bertz CT molecular complexity index is 503. The summed E-state index contributed by atoms with van der Waals surface area (Å²) in [6.45, 7) is 5.36. The van der Waals surface area contributed by atoms with Crippen molar-refractivity contribution in [2.24, 2.45) is 0 Å². The van der Waals surface area contributed by atoms with Crippen molar-refractivity contribution in [2.75, 3.05) is 7.11 Å². The molecule has 0 bridgehead atoms. The summed E-state index contributed by atoms with van der Waals surface area (Å²) in [5, 5.41) is 2.71. The zero-order valence-corrected chi connectivity index (χ0v) is 12.8. The highest BCUT2D eigenvalue weighted by Crippen LogP contribution is 2.16. The number of carbonyl (C=O) groups excluding carboxylic acids is 2. The third-order valence-corrected chi connectivity index (χ3v) is 2.46. The maximum Gasteiger partial charge on any atom is 0.408 e. The van der Waals surface area contributed by atoms with Gasteiger partial charge >= 0.3 is 12.1 Å². The molecule has 0 heterocycles. The summed E-state index contributed by atoms with van der Waals surface area (Å²) in [7, 11) is 1.30. The molecule has 0 aliphatic carbocycles. The molecule has 1 rings (SSSR count). The number of ether oxygens (including phenoxy) is 2. The molecule has 0 saturated carbocycles. The van der Waals surface area contributed by atoms with Crippen molar-refractivity contribution in [3.63, 3.8) is 0 Å². The van der Waals surface area contributed by atoms with E-state index in [1.165, 1.54) is 13.2 Å². The third kappa shape index (κ3) is 6.61. The molecule has 0 aliphatic rings. The minimum absolute atomic E-state index is 0.472. The van der Waals surface area contributed by atoms with Crippen LogP contribution in [0.2, 0.25) is 0 Å². The largest absolute Gasteiger partial charge is 0.466 e. The summed E-state index contributed by atoms with van der Waals surface area (Å²) < 4.78 is 9.78. The SMILES string of the molecule is COC(=O)/C=C/C(NC(=O)OC(C)(C)C)c1ccccc1. The second-order valence-corrected chi connectivity index (χ2v) is 5.42. The lowest BCUT2D eigenvalue weighted by atomic mass is 10.1. The number of rotatable bonds is 4. The summed E-state index contributed by atoms with van der Waals surface area (Å²) in [5.41, 5.74) is 0.251. The van der Waals surface area contributed by atoms with E-state index in [0.29, 0.717) is 0 Å². The van der Waals surface area contributed by atoms with E-state index in [9.17, 15) is 9.59 Å². The fourth-order valence-corrected chi connectivity index (χ4v) is 1.58. The first-order valence-corrected chi connectivity index (χ1v) is 6.62. The maximum atomic E-state index is 11.9. The standard InChI is InChI=1S/C16H21NO4/c1-16(2,3)21-15(19)17-13(10-11-14(18)20-4)12-8-6-5-7-9-12/h5-11,13H,1-4H3,(H,17,19)/b11-10+. The first-order chi connectivity index (χ1) is 9.81. The second-order valence-electron chi connectivity index (χ2n) is 5.42. The number of esters is 1. The number of hydrogen-bond donors (Lipinski definition) is 1. The van der Waals surface area contributed by atoms with Crippen LogP contribution in [0.4, 0.5) is 4.79 Å². The van der Waals surface area contributed by atoms with Crippen LogP contribution in [0.1, 0.15) is 32.4 Å². The van der Waals surface area contributed by atoms with Crippen molar-refractivity contribution in [1.29, 1.82) is 0 Å². The number of alkyl carbamates (subject to hydrolysis) is 1. The lowest BCUT2D eigenvalue weighted by molar-refractivity contribution is -0.134. The van der Waals surface area contributed by atoms with Crippen LogP contribution in [0.15, 0.2) is 42.5 Å². The van der Waals surface area contributed by atoms with E-state index >= 15 is 0 Å². The molecule has 1 amide bonds. The monoisotopic (exact) mass is 291 g/mol. The van der Waals surface area contributed by atoms with E-state index in [2.05, 4.69) is 10.1 Å². The minimum atomic E-state index is -0.586. The van der Waals surface area contributed by atoms with Gasteiger partial charge in [0, 0.05) is 6.08 Å². The lowest BCUT2D eigenvalue weighted by Gasteiger charge is -2.22. The van der Waals surface area contributed by atoms with Gasteiger partial charge in [0.15, 0.2) is 0 Å². The Hall–Kier alpha value is -2.30. The van der Waals surface area contributed by atoms with Crippen LogP contribution >= 0.6 is 0 Å². The van der Waals surface area contributed by atoms with Gasteiger partial charge in [0.2, 0.25) is 0 Å². The second kappa shape index (κ2) is 7.47. The molecule has 5 heteroatoms. The first kappa shape index (κ1) is 16.8. The van der Waals surface area contributed by atoms with Crippen LogP contribution in [-0.2, 0) is 14.3 Å². The summed E-state index contributed by atoms with van der Waals surface area (Å²) in [4.78, 5) is 23.1. The molecule has 5 nitrogen and oxygen atoms in total. The van der Waals surface area contributed by atoms with E-state index in [0.717, 1.165) is 5.56 Å². The van der Waals surface area contributed by atoms with E-state index in [1.807, 2.05) is 30.3 Å². The number of nitrogens with one attached hydrogen (secondary N) is 1. The van der Waals surface area contributed by atoms with Gasteiger partial charge in [0.05, 0.1) is 13.2 Å². The maximum absolute atomic E-state index is 11.9. The Morgan fingerprint density at radius 3 is 2.33 bits per heavy atom. The zero-order valence-electron chi connectivity index (χ0n) is 12.8. The Morgan fingerprint density at radius 1 is 1.19 bits per heavy atom. The molecule has 1 aromatic rings. The summed E-state index contributed by atoms with van der Waals surface area (Å²) in [5.74, 6) is -0.484. The molecule has 1 aromatic carbocycles. The van der Waals surface area contributed by atoms with Crippen LogP contribution in [-0.4, -0.2) is 24.8 Å². The van der Waals surface area contributed by atoms with Crippen molar-refractivity contribution < 1.29 is 19.1 Å². The average Bonchev–Trinajstić information content (AvgIpc) is 2.42. The molecule has 1 unspecified atom stereocenters. The zero-order chi connectivity index (χ0) is 15.9. The molecule has 0 aliphatic heterocycles. The summed E-state index contributed by atoms with van der Waals surface area (Å²) in [6.07, 6.45) is 2.28. The van der Waals surface area contributed by atoms with Crippen molar-refractivity contribution in [3.05, 3.63) is 48.0 Å². The van der Waals surface area contributed by atoms with Gasteiger partial charge in [-0.15, -0.1) is 0 Å². The molecule has 0 aromatic heterocycles. The third-order valence-electron chi connectivity index (χ3n) is 2.46. The number of benzene rings is 1. The molecule has 0 fully saturated rings. The van der Waals surface area contributed by atoms with Gasteiger partial charge in [-0.25, -0.2) is 9.59 Å². The van der Waals surface area contributed by atoms with Gasteiger partial charge < -0.3 is 14.8 Å². The highest BCUT2D eigenvalue weighted by molar-refractivity contribution is 5.82. The molecule has 0 radical (unpaired) electrons. The van der Waals surface area contributed by atoms with E-state index in [-0.39, 0.29) is 0 Å². The number of hydrogen-bond acceptors (Lipinski definition) is 4. The van der Waals surface area contributed by atoms with Gasteiger partial charge in [0.25, 0.3) is 0 Å². The molecule has 1 N–H and O–H groups in total. The van der Waals surface area contributed by atoms with Crippen LogP contribution in [0.5, 0.6) is 0 Å². The van der Waals surface area contributed by atoms with Crippen LogP contribution in [0.25, 0.3) is 0 Å². The van der Waals surface area contributed by atoms with Crippen molar-refractivity contribution in [1.82, 2.24) is 5.32 Å². The van der Waals surface area contributed by atoms with E-state index < -0.39 is 23.7 Å². The molecule has 114 valence electrons. The minimum Gasteiger partial charge on any atom is -0.466 e. The van der Waals surface area contributed by atoms with E-state index in [4.69, 9.17) is 4.74 Å². The van der Waals surface area contributed by atoms with Gasteiger partial charge in [-0.05, 0) is 26.3 Å². The van der Waals surface area contributed by atoms with Crippen LogP contribution < -0.4 is 5.32 Å². The number of carbonyl (C=O) groups is 2. The van der Waals surface area contributed by atoms with E-state index in [1.54, 1.807) is 26.8 Å². The Morgan fingerprint density at radius 2 is 1.81 bits per heavy atom. The van der Waals surface area contributed by atoms with Crippen LogP contribution in [0.3, 0.4) is 0 Å². The highest BCUT2D eigenvalue weighted by Gasteiger charge is 2.19. The van der Waals surface area contributed by atoms with Crippen LogP contribution in [0, 0.1) is 0 Å². The van der Waals surface area contributed by atoms with Crippen molar-refractivity contribution >= 4 is 12.1 Å². The molecular weight excluding hydrogens is 270 g/mol. The van der Waals surface area contributed by atoms with Gasteiger partial charge in [-0.1, -0.05) is 36.4 Å². The molecular formula is C16H21NO4. The predicted octanol–water partition coefficient (Wildman–Crippen LogP) is 2.98. The Kier molecular flexibility index (Phi) is 5.96.